The number of hydrogen-bond acceptors (Lipinski definition) is 3. The Balaban J connectivity index is 2.33. The first-order valence-electron chi connectivity index (χ1n) is 6.47. The van der Waals surface area contributed by atoms with Crippen LogP contribution >= 0.6 is 0 Å². The van der Waals surface area contributed by atoms with Gasteiger partial charge in [0.05, 0.1) is 0 Å². The molecule has 0 radical (unpaired) electrons. The standard InChI is InChI=1S/C16H18O3/c1-10-6-4-5-7-11(10)15(19)14-12(17)8-16(2,3)9-13(14)18/h4-7,14H,8-9H2,1-3H3. The van der Waals surface area contributed by atoms with Gasteiger partial charge in [-0.3, -0.25) is 14.4 Å². The first-order chi connectivity index (χ1) is 8.82. The quantitative estimate of drug-likeness (QED) is 0.605. The van der Waals surface area contributed by atoms with Gasteiger partial charge in [0.1, 0.15) is 5.92 Å². The lowest BCUT2D eigenvalue weighted by Crippen LogP contribution is -2.42. The fraction of sp³-hybridized carbons (Fsp3) is 0.438. The maximum atomic E-state index is 12.4. The Bertz CT molecular complexity index is 535. The molecule has 0 aromatic heterocycles. The molecule has 3 nitrogen and oxygen atoms in total. The lowest BCUT2D eigenvalue weighted by atomic mass is 9.69. The van der Waals surface area contributed by atoms with Crippen molar-refractivity contribution in [1.82, 2.24) is 0 Å². The minimum absolute atomic E-state index is 0.241. The molecule has 19 heavy (non-hydrogen) atoms. The Hall–Kier alpha value is -1.77. The normalized spacial score (nSPS) is 19.5. The van der Waals surface area contributed by atoms with Gasteiger partial charge in [-0.1, -0.05) is 38.1 Å². The number of carbonyl (C=O) groups is 3. The topological polar surface area (TPSA) is 51.2 Å². The minimum Gasteiger partial charge on any atom is -0.298 e. The van der Waals surface area contributed by atoms with Crippen molar-refractivity contribution in [3.63, 3.8) is 0 Å². The number of rotatable bonds is 2. The van der Waals surface area contributed by atoms with E-state index in [4.69, 9.17) is 0 Å². The predicted octanol–water partition coefficient (Wildman–Crippen LogP) is 2.75. The monoisotopic (exact) mass is 258 g/mol. The lowest BCUT2D eigenvalue weighted by molar-refractivity contribution is -0.137. The highest BCUT2D eigenvalue weighted by Gasteiger charge is 2.43. The first kappa shape index (κ1) is 13.7. The number of hydrogen-bond donors (Lipinski definition) is 0. The average Bonchev–Trinajstić information content (AvgIpc) is 2.26. The van der Waals surface area contributed by atoms with Crippen LogP contribution in [0.1, 0.15) is 42.6 Å². The molecule has 1 saturated carbocycles. The third-order valence-electron chi connectivity index (χ3n) is 3.62. The summed E-state index contributed by atoms with van der Waals surface area (Å²) in [6, 6.07) is 7.08. The number of benzene rings is 1. The largest absolute Gasteiger partial charge is 0.298 e. The Kier molecular flexibility index (Phi) is 3.40. The molecule has 0 N–H and O–H groups in total. The Morgan fingerprint density at radius 3 is 2.16 bits per heavy atom. The van der Waals surface area contributed by atoms with Crippen LogP contribution in [0.15, 0.2) is 24.3 Å². The number of ketones is 3. The van der Waals surface area contributed by atoms with Crippen molar-refractivity contribution in [3.05, 3.63) is 35.4 Å². The molecule has 1 aromatic carbocycles. The zero-order chi connectivity index (χ0) is 14.2. The smallest absolute Gasteiger partial charge is 0.181 e. The van der Waals surface area contributed by atoms with Gasteiger partial charge < -0.3 is 0 Å². The van der Waals surface area contributed by atoms with E-state index >= 15 is 0 Å². The summed E-state index contributed by atoms with van der Waals surface area (Å²) in [6.45, 7) is 5.59. The van der Waals surface area contributed by atoms with E-state index in [0.717, 1.165) is 5.56 Å². The zero-order valence-electron chi connectivity index (χ0n) is 11.5. The number of carbonyl (C=O) groups excluding carboxylic acids is 3. The van der Waals surface area contributed by atoms with E-state index in [0.29, 0.717) is 18.4 Å². The summed E-state index contributed by atoms with van der Waals surface area (Å²) in [6.07, 6.45) is 0.585. The van der Waals surface area contributed by atoms with Crippen molar-refractivity contribution in [2.45, 2.75) is 33.6 Å². The van der Waals surface area contributed by atoms with Gasteiger partial charge in [0, 0.05) is 18.4 Å². The number of aryl methyl sites for hydroxylation is 1. The van der Waals surface area contributed by atoms with Crippen LogP contribution in [0, 0.1) is 18.3 Å². The molecule has 1 aromatic rings. The van der Waals surface area contributed by atoms with Gasteiger partial charge in [0.15, 0.2) is 17.3 Å². The molecule has 3 heteroatoms. The molecule has 0 amide bonds. The van der Waals surface area contributed by atoms with E-state index in [1.807, 2.05) is 32.9 Å². The second-order valence-corrected chi connectivity index (χ2v) is 6.06. The maximum Gasteiger partial charge on any atom is 0.181 e. The van der Waals surface area contributed by atoms with Crippen molar-refractivity contribution in [3.8, 4) is 0 Å². The fourth-order valence-electron chi connectivity index (χ4n) is 2.69. The molecule has 0 heterocycles. The molecule has 2 rings (SSSR count). The average molecular weight is 258 g/mol. The second kappa shape index (κ2) is 4.72. The Labute approximate surface area is 113 Å². The van der Waals surface area contributed by atoms with Crippen molar-refractivity contribution in [1.29, 1.82) is 0 Å². The summed E-state index contributed by atoms with van der Waals surface area (Å²) in [5, 5.41) is 0. The Morgan fingerprint density at radius 1 is 1.11 bits per heavy atom. The van der Waals surface area contributed by atoms with Gasteiger partial charge in [0.2, 0.25) is 0 Å². The second-order valence-electron chi connectivity index (χ2n) is 6.06. The zero-order valence-corrected chi connectivity index (χ0v) is 11.5. The molecule has 0 atom stereocenters. The van der Waals surface area contributed by atoms with E-state index in [1.165, 1.54) is 0 Å². The van der Waals surface area contributed by atoms with Crippen LogP contribution in [0.2, 0.25) is 0 Å². The maximum absolute atomic E-state index is 12.4. The van der Waals surface area contributed by atoms with Crippen LogP contribution in [-0.4, -0.2) is 17.3 Å². The molecule has 1 fully saturated rings. The summed E-state index contributed by atoms with van der Waals surface area (Å²) in [5.74, 6) is -1.92. The summed E-state index contributed by atoms with van der Waals surface area (Å²) in [4.78, 5) is 36.6. The molecule has 0 saturated heterocycles. The molecule has 0 unspecified atom stereocenters. The van der Waals surface area contributed by atoms with Gasteiger partial charge in [-0.15, -0.1) is 0 Å². The van der Waals surface area contributed by atoms with Crippen LogP contribution < -0.4 is 0 Å². The van der Waals surface area contributed by atoms with E-state index in [-0.39, 0.29) is 22.8 Å². The van der Waals surface area contributed by atoms with Crippen LogP contribution in [-0.2, 0) is 9.59 Å². The number of Topliss-reactive ketones (excluding diaryl/α,β-unsaturated/α-hetero) is 3. The minimum atomic E-state index is -1.09. The highest BCUT2D eigenvalue weighted by Crippen LogP contribution is 2.35. The summed E-state index contributed by atoms with van der Waals surface area (Å²) >= 11 is 0. The highest BCUT2D eigenvalue weighted by atomic mass is 16.2. The van der Waals surface area contributed by atoms with Crippen LogP contribution in [0.5, 0.6) is 0 Å². The van der Waals surface area contributed by atoms with Crippen LogP contribution in [0.3, 0.4) is 0 Å². The predicted molar refractivity (Wildman–Crippen MR) is 72.0 cm³/mol. The van der Waals surface area contributed by atoms with Gasteiger partial charge in [0.25, 0.3) is 0 Å². The third kappa shape index (κ3) is 2.65. The van der Waals surface area contributed by atoms with E-state index < -0.39 is 5.92 Å². The van der Waals surface area contributed by atoms with Crippen molar-refractivity contribution < 1.29 is 14.4 Å². The van der Waals surface area contributed by atoms with Crippen molar-refractivity contribution >= 4 is 17.3 Å². The molecular weight excluding hydrogens is 240 g/mol. The fourth-order valence-corrected chi connectivity index (χ4v) is 2.69. The molecule has 1 aliphatic rings. The first-order valence-corrected chi connectivity index (χ1v) is 6.47. The molecule has 0 aliphatic heterocycles. The van der Waals surface area contributed by atoms with Gasteiger partial charge in [-0.05, 0) is 17.9 Å². The summed E-state index contributed by atoms with van der Waals surface area (Å²) in [7, 11) is 0. The summed E-state index contributed by atoms with van der Waals surface area (Å²) < 4.78 is 0. The third-order valence-corrected chi connectivity index (χ3v) is 3.62. The molecular formula is C16H18O3. The van der Waals surface area contributed by atoms with Gasteiger partial charge in [-0.25, -0.2) is 0 Å². The molecule has 0 bridgehead atoms. The highest BCUT2D eigenvalue weighted by molar-refractivity contribution is 6.25. The Morgan fingerprint density at radius 2 is 1.63 bits per heavy atom. The van der Waals surface area contributed by atoms with Crippen molar-refractivity contribution in [2.75, 3.05) is 0 Å². The van der Waals surface area contributed by atoms with Gasteiger partial charge in [-0.2, -0.15) is 0 Å². The van der Waals surface area contributed by atoms with Gasteiger partial charge >= 0.3 is 0 Å². The van der Waals surface area contributed by atoms with Crippen LogP contribution in [0.4, 0.5) is 0 Å². The molecule has 0 spiro atoms. The van der Waals surface area contributed by atoms with E-state index in [2.05, 4.69) is 0 Å². The van der Waals surface area contributed by atoms with E-state index in [9.17, 15) is 14.4 Å². The lowest BCUT2D eigenvalue weighted by Gasteiger charge is -2.31. The molecule has 1 aliphatic carbocycles. The van der Waals surface area contributed by atoms with Crippen molar-refractivity contribution in [2.24, 2.45) is 11.3 Å². The SMILES string of the molecule is Cc1ccccc1C(=O)C1C(=O)CC(C)(C)CC1=O. The summed E-state index contributed by atoms with van der Waals surface area (Å²) in [5.41, 5.74) is 0.961. The van der Waals surface area contributed by atoms with Crippen LogP contribution in [0.25, 0.3) is 0 Å². The molecule has 100 valence electrons. The van der Waals surface area contributed by atoms with E-state index in [1.54, 1.807) is 12.1 Å².